The quantitative estimate of drug-likeness (QED) is 0.745. The van der Waals surface area contributed by atoms with E-state index < -0.39 is 17.7 Å². The molecule has 6 heteroatoms. The number of nitrogens with one attached hydrogen (secondary N) is 1. The number of benzene rings is 1. The Labute approximate surface area is 141 Å². The number of aliphatic hydroxyl groups excluding tert-OH is 1. The van der Waals surface area contributed by atoms with Crippen LogP contribution >= 0.6 is 0 Å². The van der Waals surface area contributed by atoms with Crippen molar-refractivity contribution in [1.29, 1.82) is 0 Å². The summed E-state index contributed by atoms with van der Waals surface area (Å²) in [5.74, 6) is 0.638. The zero-order valence-electron chi connectivity index (χ0n) is 14.1. The third kappa shape index (κ3) is 3.24. The molecule has 2 fully saturated rings. The number of imide groups is 1. The molecule has 2 N–H and O–H groups in total. The van der Waals surface area contributed by atoms with Gasteiger partial charge in [-0.1, -0.05) is 19.1 Å². The van der Waals surface area contributed by atoms with E-state index in [1.54, 1.807) is 6.92 Å². The van der Waals surface area contributed by atoms with Crippen molar-refractivity contribution in [2.24, 2.45) is 5.92 Å². The first-order valence-electron chi connectivity index (χ1n) is 8.48. The van der Waals surface area contributed by atoms with Crippen LogP contribution in [0.1, 0.15) is 32.3 Å². The Hall–Kier alpha value is -2.08. The lowest BCUT2D eigenvalue weighted by atomic mass is 9.96. The summed E-state index contributed by atoms with van der Waals surface area (Å²) >= 11 is 0. The summed E-state index contributed by atoms with van der Waals surface area (Å²) in [6.07, 6.45) is 1.89. The van der Waals surface area contributed by atoms with Crippen LogP contribution in [0.15, 0.2) is 24.3 Å². The Morgan fingerprint density at radius 2 is 2.17 bits per heavy atom. The van der Waals surface area contributed by atoms with Crippen LogP contribution < -0.4 is 10.1 Å². The average molecular weight is 332 g/mol. The van der Waals surface area contributed by atoms with E-state index in [4.69, 9.17) is 4.74 Å². The summed E-state index contributed by atoms with van der Waals surface area (Å²) in [7, 11) is 0. The van der Waals surface area contributed by atoms with Crippen LogP contribution in [0.4, 0.5) is 4.79 Å². The predicted molar refractivity (Wildman–Crippen MR) is 88.7 cm³/mol. The molecule has 0 spiro atoms. The van der Waals surface area contributed by atoms with E-state index in [0.29, 0.717) is 5.75 Å². The van der Waals surface area contributed by atoms with E-state index in [1.165, 1.54) is 0 Å². The third-order valence-electron chi connectivity index (χ3n) is 4.84. The molecule has 1 aliphatic carbocycles. The highest BCUT2D eigenvalue weighted by Crippen LogP contribution is 2.42. The van der Waals surface area contributed by atoms with Crippen molar-refractivity contribution in [3.05, 3.63) is 29.8 Å². The minimum absolute atomic E-state index is 0.0321. The lowest BCUT2D eigenvalue weighted by Gasteiger charge is -2.22. The number of ether oxygens (including phenoxy) is 1. The third-order valence-corrected chi connectivity index (χ3v) is 4.84. The summed E-state index contributed by atoms with van der Waals surface area (Å²) in [6.45, 7) is 3.80. The molecule has 3 rings (SSSR count). The lowest BCUT2D eigenvalue weighted by Crippen LogP contribution is -2.46. The smallest absolute Gasteiger partial charge is 0.325 e. The second-order valence-corrected chi connectivity index (χ2v) is 6.79. The van der Waals surface area contributed by atoms with E-state index in [9.17, 15) is 14.7 Å². The number of urea groups is 1. The molecule has 3 amide bonds. The molecule has 130 valence electrons. The van der Waals surface area contributed by atoms with Crippen LogP contribution in [0.5, 0.6) is 5.75 Å². The van der Waals surface area contributed by atoms with Gasteiger partial charge in [-0.15, -0.1) is 0 Å². The highest BCUT2D eigenvalue weighted by Gasteiger charge is 2.56. The van der Waals surface area contributed by atoms with E-state index in [2.05, 4.69) is 12.2 Å². The van der Waals surface area contributed by atoms with Gasteiger partial charge in [-0.3, -0.25) is 9.69 Å². The second kappa shape index (κ2) is 6.43. The van der Waals surface area contributed by atoms with Crippen molar-refractivity contribution >= 4 is 11.9 Å². The summed E-state index contributed by atoms with van der Waals surface area (Å²) < 4.78 is 5.58. The topological polar surface area (TPSA) is 78.9 Å². The number of hydrogen-bond donors (Lipinski definition) is 2. The molecule has 0 radical (unpaired) electrons. The first-order valence-corrected chi connectivity index (χ1v) is 8.48. The zero-order valence-corrected chi connectivity index (χ0v) is 14.1. The number of β-amino-alcohol motifs (C(OH)–C–C–N with tert-alkyl or cyclic N) is 1. The SMILES string of the molecule is CCc1cccc(OC[C@H](O)CN2C(=O)N[C@@](C)(C3CC3)C2=O)c1. The number of aryl methyl sites for hydroxylation is 1. The lowest BCUT2D eigenvalue weighted by molar-refractivity contribution is -0.132. The van der Waals surface area contributed by atoms with Crippen molar-refractivity contribution in [2.75, 3.05) is 13.2 Å². The molecule has 2 aliphatic rings. The maximum absolute atomic E-state index is 12.5. The van der Waals surface area contributed by atoms with Gasteiger partial charge in [0.05, 0.1) is 6.54 Å². The van der Waals surface area contributed by atoms with E-state index >= 15 is 0 Å². The molecule has 1 heterocycles. The first-order chi connectivity index (χ1) is 11.4. The highest BCUT2D eigenvalue weighted by atomic mass is 16.5. The van der Waals surface area contributed by atoms with Gasteiger partial charge in [0.1, 0.15) is 24.0 Å². The summed E-state index contributed by atoms with van der Waals surface area (Å²) in [5, 5.41) is 12.9. The largest absolute Gasteiger partial charge is 0.491 e. The first kappa shape index (κ1) is 16.8. The van der Waals surface area contributed by atoms with Crippen LogP contribution in [0.3, 0.4) is 0 Å². The Morgan fingerprint density at radius 3 is 2.83 bits per heavy atom. The Morgan fingerprint density at radius 1 is 1.42 bits per heavy atom. The molecular weight excluding hydrogens is 308 g/mol. The summed E-state index contributed by atoms with van der Waals surface area (Å²) in [5.41, 5.74) is 0.337. The molecule has 6 nitrogen and oxygen atoms in total. The molecule has 0 aromatic heterocycles. The van der Waals surface area contributed by atoms with Gasteiger partial charge in [-0.25, -0.2) is 4.79 Å². The number of hydrogen-bond acceptors (Lipinski definition) is 4. The molecule has 0 bridgehead atoms. The fraction of sp³-hybridized carbons (Fsp3) is 0.556. The maximum atomic E-state index is 12.5. The molecule has 1 saturated carbocycles. The summed E-state index contributed by atoms with van der Waals surface area (Å²) in [6, 6.07) is 7.23. The number of rotatable bonds is 7. The van der Waals surface area contributed by atoms with Gasteiger partial charge in [0.15, 0.2) is 0 Å². The van der Waals surface area contributed by atoms with Gasteiger partial charge in [0, 0.05) is 0 Å². The minimum Gasteiger partial charge on any atom is -0.491 e. The molecule has 24 heavy (non-hydrogen) atoms. The molecular formula is C18H24N2O4. The van der Waals surface area contributed by atoms with E-state index in [1.807, 2.05) is 24.3 Å². The van der Waals surface area contributed by atoms with Crippen molar-refractivity contribution in [2.45, 2.75) is 44.8 Å². The van der Waals surface area contributed by atoms with E-state index in [-0.39, 0.29) is 25.0 Å². The number of aliphatic hydroxyl groups is 1. The number of carbonyl (C=O) groups excluding carboxylic acids is 2. The van der Waals surface area contributed by atoms with Crippen molar-refractivity contribution in [3.8, 4) is 5.75 Å². The van der Waals surface area contributed by atoms with Crippen LogP contribution in [0.2, 0.25) is 0 Å². The Kier molecular flexibility index (Phi) is 4.49. The number of nitrogens with zero attached hydrogens (tertiary/aromatic N) is 1. The molecule has 2 atom stereocenters. The van der Waals surface area contributed by atoms with Gasteiger partial charge in [-0.05, 0) is 49.8 Å². The van der Waals surface area contributed by atoms with E-state index in [0.717, 1.165) is 29.7 Å². The van der Waals surface area contributed by atoms with Crippen LogP contribution in [-0.2, 0) is 11.2 Å². The fourth-order valence-corrected chi connectivity index (χ4v) is 3.13. The minimum atomic E-state index is -0.925. The summed E-state index contributed by atoms with van der Waals surface area (Å²) in [4.78, 5) is 25.7. The van der Waals surface area contributed by atoms with Crippen molar-refractivity contribution in [1.82, 2.24) is 10.2 Å². The second-order valence-electron chi connectivity index (χ2n) is 6.79. The fourth-order valence-electron chi connectivity index (χ4n) is 3.13. The molecule has 1 saturated heterocycles. The molecule has 1 aliphatic heterocycles. The average Bonchev–Trinajstić information content (AvgIpc) is 3.39. The van der Waals surface area contributed by atoms with Gasteiger partial charge in [0.25, 0.3) is 5.91 Å². The zero-order chi connectivity index (χ0) is 17.3. The molecule has 1 aromatic rings. The van der Waals surface area contributed by atoms with Gasteiger partial charge >= 0.3 is 6.03 Å². The van der Waals surface area contributed by atoms with Crippen molar-refractivity contribution in [3.63, 3.8) is 0 Å². The highest BCUT2D eigenvalue weighted by molar-refractivity contribution is 6.07. The van der Waals surface area contributed by atoms with Crippen LogP contribution in [0, 0.1) is 5.92 Å². The Balaban J connectivity index is 1.55. The standard InChI is InChI=1S/C18H24N2O4/c1-3-12-5-4-6-15(9-12)24-11-14(21)10-20-16(22)18(2,13-7-8-13)19-17(20)23/h4-6,9,13-14,21H,3,7-8,10-11H2,1-2H3,(H,19,23)/t14-,18+/m1/s1. The van der Waals surface area contributed by atoms with Crippen molar-refractivity contribution < 1.29 is 19.4 Å². The predicted octanol–water partition coefficient (Wildman–Crippen LogP) is 1.71. The van der Waals surface area contributed by atoms with Gasteiger partial charge < -0.3 is 15.2 Å². The van der Waals surface area contributed by atoms with Gasteiger partial charge in [0.2, 0.25) is 0 Å². The van der Waals surface area contributed by atoms with Crippen LogP contribution in [0.25, 0.3) is 0 Å². The molecule has 0 unspecified atom stereocenters. The van der Waals surface area contributed by atoms with Gasteiger partial charge in [-0.2, -0.15) is 0 Å². The normalized spacial score (nSPS) is 24.9. The Bertz CT molecular complexity index is 644. The maximum Gasteiger partial charge on any atom is 0.325 e. The van der Waals surface area contributed by atoms with Crippen LogP contribution in [-0.4, -0.2) is 46.7 Å². The monoisotopic (exact) mass is 332 g/mol. The molecule has 1 aromatic carbocycles. The number of carbonyl (C=O) groups is 2. The number of amides is 3.